The van der Waals surface area contributed by atoms with Gasteiger partial charge in [0.1, 0.15) is 28.0 Å². The van der Waals surface area contributed by atoms with Gasteiger partial charge in [0.15, 0.2) is 11.4 Å². The van der Waals surface area contributed by atoms with Crippen LogP contribution in [-0.4, -0.2) is 9.97 Å². The third-order valence-electron chi connectivity index (χ3n) is 9.27. The second-order valence-electron chi connectivity index (χ2n) is 12.1. The molecule has 0 N–H and O–H groups in total. The van der Waals surface area contributed by atoms with Gasteiger partial charge in [-0.15, -0.1) is 0 Å². The molecule has 0 radical (unpaired) electrons. The standard InChI is InChI=1S/C44H26N2O2/c1-3-12-27(13-4-1)29-17-11-18-31(24-29)40-43-41(34-20-9-10-21-37(34)48-43)46-44(45-40)32-22-23-38-35(26-32)36-25-30-16-7-8-19-33(30)39(42(36)47-38)28-14-5-2-6-15-28/h1-26H. The first kappa shape index (κ1) is 26.7. The van der Waals surface area contributed by atoms with E-state index in [0.717, 1.165) is 77.5 Å². The second kappa shape index (κ2) is 10.5. The summed E-state index contributed by atoms with van der Waals surface area (Å²) in [5, 5.41) is 5.39. The van der Waals surface area contributed by atoms with E-state index in [1.807, 2.05) is 36.4 Å². The molecule has 0 amide bonds. The summed E-state index contributed by atoms with van der Waals surface area (Å²) in [4.78, 5) is 10.4. The van der Waals surface area contributed by atoms with Crippen molar-refractivity contribution >= 4 is 54.8 Å². The van der Waals surface area contributed by atoms with Gasteiger partial charge in [0.25, 0.3) is 0 Å². The molecule has 0 aliphatic carbocycles. The summed E-state index contributed by atoms with van der Waals surface area (Å²) in [7, 11) is 0. The minimum atomic E-state index is 0.634. The molecule has 48 heavy (non-hydrogen) atoms. The van der Waals surface area contributed by atoms with E-state index >= 15 is 0 Å². The van der Waals surface area contributed by atoms with Crippen LogP contribution in [0.3, 0.4) is 0 Å². The van der Waals surface area contributed by atoms with E-state index in [2.05, 4.69) is 121 Å². The molecule has 4 nitrogen and oxygen atoms in total. The molecule has 0 fully saturated rings. The monoisotopic (exact) mass is 614 g/mol. The Kier molecular flexibility index (Phi) is 5.84. The summed E-state index contributed by atoms with van der Waals surface area (Å²) < 4.78 is 13.1. The summed E-state index contributed by atoms with van der Waals surface area (Å²) >= 11 is 0. The lowest BCUT2D eigenvalue weighted by atomic mass is 9.95. The highest BCUT2D eigenvalue weighted by Gasteiger charge is 2.21. The van der Waals surface area contributed by atoms with E-state index in [4.69, 9.17) is 18.8 Å². The second-order valence-corrected chi connectivity index (χ2v) is 12.1. The van der Waals surface area contributed by atoms with E-state index in [9.17, 15) is 0 Å². The Morgan fingerprint density at radius 1 is 0.375 bits per heavy atom. The fourth-order valence-corrected chi connectivity index (χ4v) is 7.00. The maximum atomic E-state index is 6.64. The zero-order valence-corrected chi connectivity index (χ0v) is 25.7. The summed E-state index contributed by atoms with van der Waals surface area (Å²) in [5.74, 6) is 0.634. The highest BCUT2D eigenvalue weighted by molar-refractivity contribution is 6.18. The maximum Gasteiger partial charge on any atom is 0.180 e. The molecule has 0 spiro atoms. The zero-order chi connectivity index (χ0) is 31.6. The molecular formula is C44H26N2O2. The number of para-hydroxylation sites is 1. The van der Waals surface area contributed by atoms with Crippen molar-refractivity contribution < 1.29 is 8.83 Å². The number of nitrogens with zero attached hydrogens (tertiary/aromatic N) is 2. The van der Waals surface area contributed by atoms with Gasteiger partial charge in [-0.05, 0) is 69.9 Å². The molecule has 10 rings (SSSR count). The maximum absolute atomic E-state index is 6.64. The van der Waals surface area contributed by atoms with Crippen molar-refractivity contribution in [1.29, 1.82) is 0 Å². The normalized spacial score (nSPS) is 11.8. The average Bonchev–Trinajstić information content (AvgIpc) is 3.72. The summed E-state index contributed by atoms with van der Waals surface area (Å²) in [6.07, 6.45) is 0. The van der Waals surface area contributed by atoms with Crippen molar-refractivity contribution in [2.45, 2.75) is 0 Å². The van der Waals surface area contributed by atoms with Gasteiger partial charge in [-0.1, -0.05) is 115 Å². The summed E-state index contributed by atoms with van der Waals surface area (Å²) in [5.41, 5.74) is 11.1. The first-order valence-corrected chi connectivity index (χ1v) is 16.1. The van der Waals surface area contributed by atoms with Crippen LogP contribution in [0.15, 0.2) is 167 Å². The van der Waals surface area contributed by atoms with Gasteiger partial charge in [-0.3, -0.25) is 0 Å². The first-order valence-electron chi connectivity index (χ1n) is 16.1. The molecule has 10 aromatic rings. The van der Waals surface area contributed by atoms with Crippen molar-refractivity contribution in [2.24, 2.45) is 0 Å². The molecule has 0 bridgehead atoms. The number of fused-ring (bicyclic) bond motifs is 7. The molecule has 7 aromatic carbocycles. The van der Waals surface area contributed by atoms with E-state index in [1.165, 1.54) is 10.8 Å². The fraction of sp³-hybridized carbons (Fsp3) is 0. The average molecular weight is 615 g/mol. The highest BCUT2D eigenvalue weighted by Crippen LogP contribution is 2.42. The molecule has 3 heterocycles. The highest BCUT2D eigenvalue weighted by atomic mass is 16.3. The topological polar surface area (TPSA) is 52.1 Å². The summed E-state index contributed by atoms with van der Waals surface area (Å²) in [6.45, 7) is 0. The molecular weight excluding hydrogens is 588 g/mol. The van der Waals surface area contributed by atoms with Gasteiger partial charge in [0.05, 0.1) is 0 Å². The summed E-state index contributed by atoms with van der Waals surface area (Å²) in [6, 6.07) is 54.4. The Balaban J connectivity index is 1.22. The Bertz CT molecular complexity index is 2830. The van der Waals surface area contributed by atoms with Crippen LogP contribution in [0.25, 0.3) is 99.7 Å². The smallest absolute Gasteiger partial charge is 0.180 e. The van der Waals surface area contributed by atoms with Crippen LogP contribution in [0.1, 0.15) is 0 Å². The fourth-order valence-electron chi connectivity index (χ4n) is 7.00. The van der Waals surface area contributed by atoms with Crippen LogP contribution in [0.5, 0.6) is 0 Å². The Labute approximate surface area is 275 Å². The number of hydrogen-bond acceptors (Lipinski definition) is 4. The molecule has 0 aliphatic rings. The van der Waals surface area contributed by atoms with Gasteiger partial charge in [0.2, 0.25) is 0 Å². The molecule has 0 atom stereocenters. The lowest BCUT2D eigenvalue weighted by molar-refractivity contribution is 0.667. The number of benzene rings is 7. The lowest BCUT2D eigenvalue weighted by Gasteiger charge is -2.09. The van der Waals surface area contributed by atoms with Gasteiger partial charge in [-0.2, -0.15) is 0 Å². The molecule has 4 heteroatoms. The molecule has 0 unspecified atom stereocenters. The lowest BCUT2D eigenvalue weighted by Crippen LogP contribution is -1.94. The van der Waals surface area contributed by atoms with Crippen LogP contribution in [0.2, 0.25) is 0 Å². The largest absolute Gasteiger partial charge is 0.455 e. The van der Waals surface area contributed by atoms with Gasteiger partial charge < -0.3 is 8.83 Å². The van der Waals surface area contributed by atoms with Crippen LogP contribution in [-0.2, 0) is 0 Å². The molecule has 0 aliphatic heterocycles. The predicted molar refractivity (Wildman–Crippen MR) is 196 cm³/mol. The predicted octanol–water partition coefficient (Wildman–Crippen LogP) is 12.1. The SMILES string of the molecule is c1ccc(-c2cccc(-c3nc(-c4ccc5oc6c(-c7ccccc7)c7ccccc7cc6c5c4)nc4c3oc3ccccc34)c2)cc1. The Morgan fingerprint density at radius 2 is 1.04 bits per heavy atom. The van der Waals surface area contributed by atoms with Crippen molar-refractivity contribution in [2.75, 3.05) is 0 Å². The number of furan rings is 2. The van der Waals surface area contributed by atoms with Crippen LogP contribution in [0.4, 0.5) is 0 Å². The van der Waals surface area contributed by atoms with Crippen LogP contribution in [0, 0.1) is 0 Å². The minimum absolute atomic E-state index is 0.634. The van der Waals surface area contributed by atoms with E-state index in [1.54, 1.807) is 0 Å². The van der Waals surface area contributed by atoms with Crippen molar-refractivity contribution in [3.63, 3.8) is 0 Å². The van der Waals surface area contributed by atoms with Crippen LogP contribution < -0.4 is 0 Å². The third kappa shape index (κ3) is 4.16. The number of rotatable bonds is 4. The van der Waals surface area contributed by atoms with E-state index in [0.29, 0.717) is 11.4 Å². The minimum Gasteiger partial charge on any atom is -0.455 e. The Hall–Kier alpha value is -6.52. The van der Waals surface area contributed by atoms with Gasteiger partial charge in [-0.25, -0.2) is 9.97 Å². The van der Waals surface area contributed by atoms with Crippen molar-refractivity contribution in [1.82, 2.24) is 9.97 Å². The van der Waals surface area contributed by atoms with Crippen molar-refractivity contribution in [3.05, 3.63) is 158 Å². The van der Waals surface area contributed by atoms with E-state index in [-0.39, 0.29) is 0 Å². The number of aromatic nitrogens is 2. The van der Waals surface area contributed by atoms with Crippen LogP contribution >= 0.6 is 0 Å². The third-order valence-corrected chi connectivity index (χ3v) is 9.27. The van der Waals surface area contributed by atoms with E-state index < -0.39 is 0 Å². The number of hydrogen-bond donors (Lipinski definition) is 0. The van der Waals surface area contributed by atoms with Crippen molar-refractivity contribution in [3.8, 4) is 44.9 Å². The quantitative estimate of drug-likeness (QED) is 0.198. The first-order chi connectivity index (χ1) is 23.8. The Morgan fingerprint density at radius 3 is 1.90 bits per heavy atom. The molecule has 224 valence electrons. The molecule has 0 saturated carbocycles. The van der Waals surface area contributed by atoms with Gasteiger partial charge in [0, 0.05) is 32.8 Å². The van der Waals surface area contributed by atoms with Gasteiger partial charge >= 0.3 is 0 Å². The zero-order valence-electron chi connectivity index (χ0n) is 25.7. The molecule has 0 saturated heterocycles. The molecule has 3 aromatic heterocycles.